The summed E-state index contributed by atoms with van der Waals surface area (Å²) in [6.45, 7) is 3.33. The van der Waals surface area contributed by atoms with E-state index in [1.807, 2.05) is 0 Å². The first-order valence-electron chi connectivity index (χ1n) is 6.55. The van der Waals surface area contributed by atoms with Gasteiger partial charge in [-0.1, -0.05) is 6.07 Å². The zero-order chi connectivity index (χ0) is 15.4. The number of halogens is 2. The zero-order valence-electron chi connectivity index (χ0n) is 11.8. The largest absolute Gasteiger partial charge is 0.374 e. The lowest BCUT2D eigenvalue weighted by Gasteiger charge is -2.15. The van der Waals surface area contributed by atoms with Gasteiger partial charge in [-0.05, 0) is 55.8 Å². The topological polar surface area (TPSA) is 41.1 Å². The van der Waals surface area contributed by atoms with Gasteiger partial charge in [-0.15, -0.1) is 0 Å². The normalized spacial score (nSPS) is 11.8. The molecule has 0 aliphatic heterocycles. The maximum Gasteiger partial charge on any atom is 0.246 e. The van der Waals surface area contributed by atoms with Crippen LogP contribution in [0.1, 0.15) is 12.5 Å². The maximum atomic E-state index is 13.4. The van der Waals surface area contributed by atoms with Crippen molar-refractivity contribution in [1.29, 1.82) is 0 Å². The quantitative estimate of drug-likeness (QED) is 0.901. The minimum Gasteiger partial charge on any atom is -0.374 e. The van der Waals surface area contributed by atoms with Crippen molar-refractivity contribution < 1.29 is 13.6 Å². The van der Waals surface area contributed by atoms with Gasteiger partial charge in [0.1, 0.15) is 17.7 Å². The van der Waals surface area contributed by atoms with E-state index < -0.39 is 6.04 Å². The molecule has 0 heterocycles. The molecule has 3 nitrogen and oxygen atoms in total. The molecule has 21 heavy (non-hydrogen) atoms. The standard InChI is InChI=1S/C16H16F2N2O/c1-10-3-6-14(9-15(10)18)19-11(2)16(21)20-13-7-4-12(17)5-8-13/h3-9,11,19H,1-2H3,(H,20,21)/t11-/m0/s1. The Bertz CT molecular complexity index is 641. The molecular weight excluding hydrogens is 274 g/mol. The van der Waals surface area contributed by atoms with Gasteiger partial charge in [0.05, 0.1) is 0 Å². The van der Waals surface area contributed by atoms with Crippen molar-refractivity contribution in [1.82, 2.24) is 0 Å². The number of aryl methyl sites for hydroxylation is 1. The average molecular weight is 290 g/mol. The van der Waals surface area contributed by atoms with Crippen LogP contribution in [0.25, 0.3) is 0 Å². The minimum absolute atomic E-state index is 0.289. The molecule has 0 aliphatic carbocycles. The van der Waals surface area contributed by atoms with Gasteiger partial charge in [-0.25, -0.2) is 8.78 Å². The Morgan fingerprint density at radius 1 is 1.05 bits per heavy atom. The number of hydrogen-bond donors (Lipinski definition) is 2. The molecule has 0 aliphatic rings. The molecule has 2 aromatic carbocycles. The van der Waals surface area contributed by atoms with Gasteiger partial charge >= 0.3 is 0 Å². The van der Waals surface area contributed by atoms with Crippen molar-refractivity contribution in [3.63, 3.8) is 0 Å². The number of anilines is 2. The van der Waals surface area contributed by atoms with Crippen LogP contribution in [-0.4, -0.2) is 11.9 Å². The molecule has 110 valence electrons. The fourth-order valence-corrected chi connectivity index (χ4v) is 1.78. The van der Waals surface area contributed by atoms with E-state index in [0.29, 0.717) is 16.9 Å². The fraction of sp³-hybridized carbons (Fsp3) is 0.188. The van der Waals surface area contributed by atoms with E-state index in [4.69, 9.17) is 0 Å². The Hall–Kier alpha value is -2.43. The first-order chi connectivity index (χ1) is 9.95. The number of nitrogens with one attached hydrogen (secondary N) is 2. The predicted molar refractivity (Wildman–Crippen MR) is 79.3 cm³/mol. The molecule has 2 aromatic rings. The molecule has 2 N–H and O–H groups in total. The van der Waals surface area contributed by atoms with Crippen molar-refractivity contribution in [2.75, 3.05) is 10.6 Å². The lowest BCUT2D eigenvalue weighted by Crippen LogP contribution is -2.31. The molecular formula is C16H16F2N2O. The summed E-state index contributed by atoms with van der Waals surface area (Å²) in [7, 11) is 0. The second kappa shape index (κ2) is 6.35. The number of benzene rings is 2. The summed E-state index contributed by atoms with van der Waals surface area (Å²) in [5.41, 5.74) is 1.58. The number of hydrogen-bond acceptors (Lipinski definition) is 2. The van der Waals surface area contributed by atoms with Crippen molar-refractivity contribution in [3.8, 4) is 0 Å². The molecule has 1 amide bonds. The highest BCUT2D eigenvalue weighted by Crippen LogP contribution is 2.15. The Morgan fingerprint density at radius 3 is 2.29 bits per heavy atom. The molecule has 0 spiro atoms. The highest BCUT2D eigenvalue weighted by Gasteiger charge is 2.13. The molecule has 0 fully saturated rings. The average Bonchev–Trinajstić information content (AvgIpc) is 2.45. The second-order valence-corrected chi connectivity index (χ2v) is 4.83. The Labute approximate surface area is 122 Å². The Morgan fingerprint density at radius 2 is 1.67 bits per heavy atom. The second-order valence-electron chi connectivity index (χ2n) is 4.83. The first-order valence-corrected chi connectivity index (χ1v) is 6.55. The van der Waals surface area contributed by atoms with Crippen molar-refractivity contribution >= 4 is 17.3 Å². The molecule has 0 bridgehead atoms. The third-order valence-corrected chi connectivity index (χ3v) is 3.06. The van der Waals surface area contributed by atoms with E-state index in [0.717, 1.165) is 0 Å². The summed E-state index contributed by atoms with van der Waals surface area (Å²) in [6.07, 6.45) is 0. The molecule has 1 atom stereocenters. The van der Waals surface area contributed by atoms with Gasteiger partial charge in [-0.2, -0.15) is 0 Å². The van der Waals surface area contributed by atoms with E-state index in [-0.39, 0.29) is 17.5 Å². The van der Waals surface area contributed by atoms with Crippen molar-refractivity contribution in [2.24, 2.45) is 0 Å². The van der Waals surface area contributed by atoms with Crippen LogP contribution in [0.4, 0.5) is 20.2 Å². The van der Waals surface area contributed by atoms with E-state index >= 15 is 0 Å². The molecule has 0 saturated heterocycles. The number of carbonyl (C=O) groups is 1. The van der Waals surface area contributed by atoms with Crippen LogP contribution < -0.4 is 10.6 Å². The Balaban J connectivity index is 1.98. The van der Waals surface area contributed by atoms with Crippen LogP contribution in [0.15, 0.2) is 42.5 Å². The van der Waals surface area contributed by atoms with E-state index in [2.05, 4.69) is 10.6 Å². The van der Waals surface area contributed by atoms with Crippen LogP contribution in [0.3, 0.4) is 0 Å². The van der Waals surface area contributed by atoms with Crippen LogP contribution in [-0.2, 0) is 4.79 Å². The summed E-state index contributed by atoms with van der Waals surface area (Å²) < 4.78 is 26.2. The van der Waals surface area contributed by atoms with Crippen LogP contribution in [0, 0.1) is 18.6 Å². The van der Waals surface area contributed by atoms with Crippen molar-refractivity contribution in [2.45, 2.75) is 19.9 Å². The van der Waals surface area contributed by atoms with Gasteiger partial charge in [0.25, 0.3) is 0 Å². The summed E-state index contributed by atoms with van der Waals surface area (Å²) in [4.78, 5) is 12.0. The van der Waals surface area contributed by atoms with Gasteiger partial charge < -0.3 is 10.6 Å². The molecule has 0 unspecified atom stereocenters. The molecule has 5 heteroatoms. The summed E-state index contributed by atoms with van der Waals surface area (Å²) in [5.74, 6) is -0.983. The van der Waals surface area contributed by atoms with Crippen LogP contribution >= 0.6 is 0 Å². The van der Waals surface area contributed by atoms with Gasteiger partial charge in [0.2, 0.25) is 5.91 Å². The van der Waals surface area contributed by atoms with E-state index in [9.17, 15) is 13.6 Å². The SMILES string of the molecule is Cc1ccc(N[C@@H](C)C(=O)Nc2ccc(F)cc2)cc1F. The predicted octanol–water partition coefficient (Wildman–Crippen LogP) is 3.71. The highest BCUT2D eigenvalue weighted by atomic mass is 19.1. The fourth-order valence-electron chi connectivity index (χ4n) is 1.78. The monoisotopic (exact) mass is 290 g/mol. The summed E-state index contributed by atoms with van der Waals surface area (Å²) in [5, 5.41) is 5.57. The van der Waals surface area contributed by atoms with E-state index in [1.54, 1.807) is 26.0 Å². The lowest BCUT2D eigenvalue weighted by atomic mass is 10.2. The summed E-state index contributed by atoms with van der Waals surface area (Å²) >= 11 is 0. The number of rotatable bonds is 4. The van der Waals surface area contributed by atoms with Crippen LogP contribution in [0.5, 0.6) is 0 Å². The Kier molecular flexibility index (Phi) is 4.52. The number of carbonyl (C=O) groups excluding carboxylic acids is 1. The molecule has 0 saturated carbocycles. The third kappa shape index (κ3) is 4.02. The van der Waals surface area contributed by atoms with Gasteiger partial charge in [-0.3, -0.25) is 4.79 Å². The van der Waals surface area contributed by atoms with Gasteiger partial charge in [0, 0.05) is 11.4 Å². The summed E-state index contributed by atoms with van der Waals surface area (Å²) in [6, 6.07) is 9.62. The van der Waals surface area contributed by atoms with E-state index in [1.165, 1.54) is 30.3 Å². The zero-order valence-corrected chi connectivity index (χ0v) is 11.8. The molecule has 0 aromatic heterocycles. The maximum absolute atomic E-state index is 13.4. The molecule has 0 radical (unpaired) electrons. The first kappa shape index (κ1) is 15.0. The highest BCUT2D eigenvalue weighted by molar-refractivity contribution is 5.96. The minimum atomic E-state index is -0.558. The lowest BCUT2D eigenvalue weighted by molar-refractivity contribution is -0.116. The molecule has 2 rings (SSSR count). The van der Waals surface area contributed by atoms with Crippen molar-refractivity contribution in [3.05, 3.63) is 59.7 Å². The number of amides is 1. The third-order valence-electron chi connectivity index (χ3n) is 3.06. The van der Waals surface area contributed by atoms with Crippen LogP contribution in [0.2, 0.25) is 0 Å². The van der Waals surface area contributed by atoms with Gasteiger partial charge in [0.15, 0.2) is 0 Å². The smallest absolute Gasteiger partial charge is 0.246 e.